The van der Waals surface area contributed by atoms with Crippen molar-refractivity contribution in [2.24, 2.45) is 5.92 Å². The van der Waals surface area contributed by atoms with Crippen LogP contribution in [0.15, 0.2) is 0 Å². The first-order valence-corrected chi connectivity index (χ1v) is 8.11. The Balaban J connectivity index is -0.00000180. The van der Waals surface area contributed by atoms with Crippen LogP contribution in [0.4, 0.5) is 0 Å². The Hall–Kier alpha value is -0.553. The molecule has 0 amide bonds. The molecule has 2 N–H and O–H groups in total. The van der Waals surface area contributed by atoms with E-state index in [0.29, 0.717) is 6.42 Å². The molecule has 0 aromatic rings. The predicted molar refractivity (Wildman–Crippen MR) is 73.0 cm³/mol. The molecule has 9 heteroatoms. The van der Waals surface area contributed by atoms with Crippen LogP contribution in [0.2, 0.25) is 0 Å². The van der Waals surface area contributed by atoms with Crippen LogP contribution < -0.4 is 18.9 Å². The summed E-state index contributed by atoms with van der Waals surface area (Å²) in [6.07, 6.45) is 3.26. The average Bonchev–Trinajstić information content (AvgIpc) is 2.33. The SMILES string of the molecule is CCCCCCOC(=O)C(C(CC)C(=O)O)S(=O)(=O)O.[H-].[Li+]. The zero-order valence-corrected chi connectivity index (χ0v) is 13.6. The minimum Gasteiger partial charge on any atom is -1.00 e. The Morgan fingerprint density at radius 3 is 2.14 bits per heavy atom. The van der Waals surface area contributed by atoms with Crippen LogP contribution in [-0.2, 0) is 24.4 Å². The van der Waals surface area contributed by atoms with E-state index in [1.807, 2.05) is 6.92 Å². The van der Waals surface area contributed by atoms with Gasteiger partial charge in [0.05, 0.1) is 12.5 Å². The molecule has 2 atom stereocenters. The van der Waals surface area contributed by atoms with Crippen molar-refractivity contribution in [3.05, 3.63) is 0 Å². The van der Waals surface area contributed by atoms with Crippen molar-refractivity contribution in [1.29, 1.82) is 0 Å². The summed E-state index contributed by atoms with van der Waals surface area (Å²) in [7, 11) is -4.82. The third-order valence-electron chi connectivity index (χ3n) is 2.92. The van der Waals surface area contributed by atoms with Crippen LogP contribution in [0.5, 0.6) is 0 Å². The van der Waals surface area contributed by atoms with E-state index in [0.717, 1.165) is 19.3 Å². The molecule has 0 fully saturated rings. The third kappa shape index (κ3) is 8.46. The number of unbranched alkanes of at least 4 members (excludes halogenated alkanes) is 3. The van der Waals surface area contributed by atoms with Gasteiger partial charge in [-0.25, -0.2) is 0 Å². The Kier molecular flexibility index (Phi) is 12.0. The number of carboxylic acids is 1. The Morgan fingerprint density at radius 2 is 1.76 bits per heavy atom. The van der Waals surface area contributed by atoms with Crippen molar-refractivity contribution in [1.82, 2.24) is 0 Å². The van der Waals surface area contributed by atoms with E-state index in [1.54, 1.807) is 0 Å². The van der Waals surface area contributed by atoms with Gasteiger partial charge in [0.1, 0.15) is 0 Å². The van der Waals surface area contributed by atoms with Crippen molar-refractivity contribution in [2.75, 3.05) is 6.61 Å². The first-order chi connectivity index (χ1) is 9.25. The fourth-order valence-electron chi connectivity index (χ4n) is 1.80. The van der Waals surface area contributed by atoms with Gasteiger partial charge in [0.15, 0.2) is 5.25 Å². The molecule has 0 spiro atoms. The number of carboxylic acid groups (broad SMARTS) is 1. The largest absolute Gasteiger partial charge is 1.00 e. The van der Waals surface area contributed by atoms with Gasteiger partial charge in [-0.1, -0.05) is 33.1 Å². The molecular weight excluding hydrogens is 295 g/mol. The van der Waals surface area contributed by atoms with E-state index >= 15 is 0 Å². The van der Waals surface area contributed by atoms with Gasteiger partial charge in [0.25, 0.3) is 10.1 Å². The molecule has 0 aliphatic rings. The number of carbonyl (C=O) groups is 2. The normalized spacial score (nSPS) is 13.9. The van der Waals surface area contributed by atoms with Gasteiger partial charge in [0.2, 0.25) is 0 Å². The van der Waals surface area contributed by atoms with Gasteiger partial charge in [-0.2, -0.15) is 8.42 Å². The zero-order chi connectivity index (χ0) is 15.8. The molecule has 0 aromatic carbocycles. The average molecular weight is 318 g/mol. The van der Waals surface area contributed by atoms with E-state index in [1.165, 1.54) is 6.92 Å². The van der Waals surface area contributed by atoms with Crippen molar-refractivity contribution in [3.8, 4) is 0 Å². The van der Waals surface area contributed by atoms with E-state index in [4.69, 9.17) is 14.4 Å². The van der Waals surface area contributed by atoms with Crippen LogP contribution in [0, 0.1) is 5.92 Å². The van der Waals surface area contributed by atoms with Gasteiger partial charge in [0, 0.05) is 0 Å². The number of hydrogen-bond donors (Lipinski definition) is 2. The summed E-state index contributed by atoms with van der Waals surface area (Å²) in [6, 6.07) is 0. The quantitative estimate of drug-likeness (QED) is 0.220. The molecule has 21 heavy (non-hydrogen) atoms. The maximum atomic E-state index is 11.7. The van der Waals surface area contributed by atoms with Gasteiger partial charge >= 0.3 is 30.8 Å². The molecule has 0 aliphatic heterocycles. The molecule has 7 nitrogen and oxygen atoms in total. The first-order valence-electron chi connectivity index (χ1n) is 6.61. The standard InChI is InChI=1S/C12H22O7S.Li.H/c1-3-5-6-7-8-19-12(15)10(20(16,17)18)9(4-2)11(13)14;;/h9-10H,3-8H2,1-2H3,(H,13,14)(H,16,17,18);;/q;+1;-1. The predicted octanol–water partition coefficient (Wildman–Crippen LogP) is -1.41. The molecule has 120 valence electrons. The Bertz CT molecular complexity index is 427. The monoisotopic (exact) mass is 318 g/mol. The molecule has 0 aliphatic carbocycles. The molecule has 0 bridgehead atoms. The van der Waals surface area contributed by atoms with E-state index in [2.05, 4.69) is 0 Å². The summed E-state index contributed by atoms with van der Waals surface area (Å²) in [5, 5.41) is 6.84. The van der Waals surface area contributed by atoms with Crippen LogP contribution in [0.3, 0.4) is 0 Å². The second kappa shape index (κ2) is 11.1. The number of aliphatic carboxylic acids is 1. The van der Waals surface area contributed by atoms with Crippen LogP contribution in [0.1, 0.15) is 47.4 Å². The maximum absolute atomic E-state index is 11.7. The van der Waals surface area contributed by atoms with E-state index in [-0.39, 0.29) is 33.3 Å². The fourth-order valence-corrected chi connectivity index (χ4v) is 2.83. The second-order valence-corrected chi connectivity index (χ2v) is 6.05. The minimum atomic E-state index is -4.82. The van der Waals surface area contributed by atoms with Crippen molar-refractivity contribution < 1.29 is 52.7 Å². The Labute approximate surface area is 138 Å². The number of hydrogen-bond acceptors (Lipinski definition) is 5. The number of ether oxygens (including phenoxy) is 1. The molecule has 0 saturated heterocycles. The van der Waals surface area contributed by atoms with Crippen LogP contribution >= 0.6 is 0 Å². The molecule has 0 aromatic heterocycles. The maximum Gasteiger partial charge on any atom is 1.00 e. The summed E-state index contributed by atoms with van der Waals surface area (Å²) in [5.74, 6) is -4.19. The molecule has 0 heterocycles. The molecule has 0 radical (unpaired) electrons. The summed E-state index contributed by atoms with van der Waals surface area (Å²) < 4.78 is 36.2. The smallest absolute Gasteiger partial charge is 1.00 e. The van der Waals surface area contributed by atoms with E-state index in [9.17, 15) is 18.0 Å². The van der Waals surface area contributed by atoms with Gasteiger partial charge in [-0.3, -0.25) is 14.1 Å². The topological polar surface area (TPSA) is 118 Å². The van der Waals surface area contributed by atoms with Gasteiger partial charge in [-0.05, 0) is 12.8 Å². The first kappa shape index (κ1) is 22.7. The minimum absolute atomic E-state index is 0. The fraction of sp³-hybridized carbons (Fsp3) is 0.833. The number of esters is 1. The summed E-state index contributed by atoms with van der Waals surface area (Å²) in [4.78, 5) is 22.7. The van der Waals surface area contributed by atoms with Crippen LogP contribution in [0.25, 0.3) is 0 Å². The third-order valence-corrected chi connectivity index (χ3v) is 4.08. The summed E-state index contributed by atoms with van der Waals surface area (Å²) in [6.45, 7) is 3.45. The van der Waals surface area contributed by atoms with E-state index < -0.39 is 33.2 Å². The molecule has 0 saturated carbocycles. The van der Waals surface area contributed by atoms with Gasteiger partial charge < -0.3 is 11.3 Å². The summed E-state index contributed by atoms with van der Waals surface area (Å²) in [5.41, 5.74) is 0. The second-order valence-electron chi connectivity index (χ2n) is 4.52. The van der Waals surface area contributed by atoms with Crippen molar-refractivity contribution in [2.45, 2.75) is 51.2 Å². The molecule has 0 rings (SSSR count). The van der Waals surface area contributed by atoms with Crippen molar-refractivity contribution in [3.63, 3.8) is 0 Å². The zero-order valence-electron chi connectivity index (χ0n) is 13.7. The van der Waals surface area contributed by atoms with Crippen LogP contribution in [-0.4, -0.2) is 41.9 Å². The Morgan fingerprint density at radius 1 is 1.19 bits per heavy atom. The van der Waals surface area contributed by atoms with Gasteiger partial charge in [-0.15, -0.1) is 0 Å². The molecule has 2 unspecified atom stereocenters. The summed E-state index contributed by atoms with van der Waals surface area (Å²) >= 11 is 0. The van der Waals surface area contributed by atoms with Crippen molar-refractivity contribution >= 4 is 22.1 Å². The number of rotatable bonds is 10. The molecular formula is C12H23LiO7S. The number of carbonyl (C=O) groups excluding carboxylic acids is 1.